The lowest BCUT2D eigenvalue weighted by Gasteiger charge is -2.13. The zero-order valence-electron chi connectivity index (χ0n) is 12.2. The Kier molecular flexibility index (Phi) is 3.41. The molecule has 3 nitrogen and oxygen atoms in total. The van der Waals surface area contributed by atoms with E-state index in [1.807, 2.05) is 48.5 Å². The maximum absolute atomic E-state index is 9.64. The smallest absolute Gasteiger partial charge is 0.185 e. The number of rotatable bonds is 3. The normalized spacial score (nSPS) is 12.1. The number of anilines is 1. The SMILES string of the molecule is N#C[C@@H](Nc1nc2ccccc2s1)c1cccc2ccccc12. The second kappa shape index (κ2) is 5.71. The van der Waals surface area contributed by atoms with Gasteiger partial charge in [-0.05, 0) is 28.5 Å². The third-order valence-corrected chi connectivity index (χ3v) is 4.79. The van der Waals surface area contributed by atoms with E-state index in [0.29, 0.717) is 0 Å². The maximum Gasteiger partial charge on any atom is 0.185 e. The van der Waals surface area contributed by atoms with Crippen molar-refractivity contribution in [1.29, 1.82) is 5.26 Å². The summed E-state index contributed by atoms with van der Waals surface area (Å²) < 4.78 is 1.12. The highest BCUT2D eigenvalue weighted by molar-refractivity contribution is 7.22. The van der Waals surface area contributed by atoms with Crippen LogP contribution in [-0.2, 0) is 0 Å². The molecule has 0 amide bonds. The zero-order valence-corrected chi connectivity index (χ0v) is 13.0. The van der Waals surface area contributed by atoms with E-state index in [1.165, 1.54) is 0 Å². The lowest BCUT2D eigenvalue weighted by molar-refractivity contribution is 1.01. The lowest BCUT2D eigenvalue weighted by Crippen LogP contribution is -2.08. The first-order valence-electron chi connectivity index (χ1n) is 7.34. The fourth-order valence-corrected chi connectivity index (χ4v) is 3.63. The fraction of sp³-hybridized carbons (Fsp3) is 0.0526. The summed E-state index contributed by atoms with van der Waals surface area (Å²) in [5, 5.41) is 15.9. The molecule has 1 N–H and O–H groups in total. The van der Waals surface area contributed by atoms with Crippen LogP contribution in [0.3, 0.4) is 0 Å². The van der Waals surface area contributed by atoms with Crippen molar-refractivity contribution in [3.8, 4) is 6.07 Å². The van der Waals surface area contributed by atoms with Crippen molar-refractivity contribution in [3.63, 3.8) is 0 Å². The van der Waals surface area contributed by atoms with Gasteiger partial charge in [0.15, 0.2) is 5.13 Å². The molecule has 23 heavy (non-hydrogen) atoms. The summed E-state index contributed by atoms with van der Waals surface area (Å²) in [7, 11) is 0. The van der Waals surface area contributed by atoms with Crippen molar-refractivity contribution in [2.75, 3.05) is 5.32 Å². The molecule has 0 radical (unpaired) electrons. The van der Waals surface area contributed by atoms with Gasteiger partial charge in [0, 0.05) is 0 Å². The highest BCUT2D eigenvalue weighted by Crippen LogP contribution is 2.30. The quantitative estimate of drug-likeness (QED) is 0.570. The highest BCUT2D eigenvalue weighted by Gasteiger charge is 2.15. The number of aromatic nitrogens is 1. The fourth-order valence-electron chi connectivity index (χ4n) is 2.74. The number of hydrogen-bond acceptors (Lipinski definition) is 4. The number of nitrogens with zero attached hydrogens (tertiary/aromatic N) is 2. The lowest BCUT2D eigenvalue weighted by atomic mass is 9.99. The van der Waals surface area contributed by atoms with Crippen molar-refractivity contribution in [2.45, 2.75) is 6.04 Å². The van der Waals surface area contributed by atoms with Crippen LogP contribution in [0, 0.1) is 11.3 Å². The van der Waals surface area contributed by atoms with Crippen LogP contribution in [-0.4, -0.2) is 4.98 Å². The predicted octanol–water partition coefficient (Wildman–Crippen LogP) is 5.13. The molecule has 3 aromatic carbocycles. The molecule has 0 aliphatic carbocycles. The van der Waals surface area contributed by atoms with E-state index >= 15 is 0 Å². The number of nitrogens with one attached hydrogen (secondary N) is 1. The third-order valence-electron chi connectivity index (χ3n) is 3.83. The van der Waals surface area contributed by atoms with Gasteiger partial charge in [0.25, 0.3) is 0 Å². The van der Waals surface area contributed by atoms with Crippen molar-refractivity contribution in [3.05, 3.63) is 72.3 Å². The number of nitriles is 1. The summed E-state index contributed by atoms with van der Waals surface area (Å²) in [5.74, 6) is 0. The van der Waals surface area contributed by atoms with Crippen molar-refractivity contribution >= 4 is 37.5 Å². The molecule has 0 spiro atoms. The van der Waals surface area contributed by atoms with Gasteiger partial charge in [-0.2, -0.15) is 5.26 Å². The molecule has 1 aromatic heterocycles. The van der Waals surface area contributed by atoms with Crippen LogP contribution in [0.1, 0.15) is 11.6 Å². The van der Waals surface area contributed by atoms with E-state index < -0.39 is 6.04 Å². The number of fused-ring (bicyclic) bond motifs is 2. The number of para-hydroxylation sites is 1. The van der Waals surface area contributed by atoms with E-state index in [1.54, 1.807) is 11.3 Å². The largest absolute Gasteiger partial charge is 0.342 e. The first-order chi connectivity index (χ1) is 11.3. The minimum atomic E-state index is -0.429. The molecule has 4 heteroatoms. The standard InChI is InChI=1S/C19H13N3S/c20-12-17(15-9-5-7-13-6-1-2-8-14(13)15)22-19-21-16-10-3-4-11-18(16)23-19/h1-11,17H,(H,21,22)/t17-/m1/s1. The molecule has 0 aliphatic rings. The van der Waals surface area contributed by atoms with Gasteiger partial charge >= 0.3 is 0 Å². The zero-order chi connectivity index (χ0) is 15.6. The first kappa shape index (κ1) is 13.7. The highest BCUT2D eigenvalue weighted by atomic mass is 32.1. The minimum Gasteiger partial charge on any atom is -0.342 e. The van der Waals surface area contributed by atoms with Crippen LogP contribution in [0.2, 0.25) is 0 Å². The van der Waals surface area contributed by atoms with Crippen LogP contribution >= 0.6 is 11.3 Å². The van der Waals surface area contributed by atoms with E-state index in [2.05, 4.69) is 34.6 Å². The van der Waals surface area contributed by atoms with E-state index in [4.69, 9.17) is 0 Å². The van der Waals surface area contributed by atoms with Crippen LogP contribution in [0.5, 0.6) is 0 Å². The van der Waals surface area contributed by atoms with Crippen LogP contribution in [0.4, 0.5) is 5.13 Å². The Morgan fingerprint density at radius 2 is 1.74 bits per heavy atom. The van der Waals surface area contributed by atoms with Gasteiger partial charge < -0.3 is 5.32 Å². The molecule has 0 unspecified atom stereocenters. The summed E-state index contributed by atoms with van der Waals surface area (Å²) in [6, 6.07) is 24.1. The Bertz CT molecular complexity index is 991. The second-order valence-corrected chi connectivity index (χ2v) is 6.29. The van der Waals surface area contributed by atoms with Gasteiger partial charge in [-0.25, -0.2) is 4.98 Å². The van der Waals surface area contributed by atoms with Gasteiger partial charge in [0.1, 0.15) is 6.04 Å². The molecule has 1 atom stereocenters. The molecule has 0 fully saturated rings. The summed E-state index contributed by atoms with van der Waals surface area (Å²) in [6.07, 6.45) is 0. The van der Waals surface area contributed by atoms with Crippen LogP contribution in [0.25, 0.3) is 21.0 Å². The predicted molar refractivity (Wildman–Crippen MR) is 95.5 cm³/mol. The molecule has 110 valence electrons. The average Bonchev–Trinajstić information content (AvgIpc) is 3.02. The summed E-state index contributed by atoms with van der Waals surface area (Å²) in [6.45, 7) is 0. The van der Waals surface area contributed by atoms with E-state index in [9.17, 15) is 5.26 Å². The molecule has 4 aromatic rings. The van der Waals surface area contributed by atoms with Gasteiger partial charge in [0.2, 0.25) is 0 Å². The number of thiazole rings is 1. The molecule has 0 bridgehead atoms. The van der Waals surface area contributed by atoms with E-state index in [0.717, 1.165) is 31.7 Å². The Morgan fingerprint density at radius 3 is 2.61 bits per heavy atom. The van der Waals surface area contributed by atoms with Crippen molar-refractivity contribution < 1.29 is 0 Å². The molecular weight excluding hydrogens is 302 g/mol. The monoisotopic (exact) mass is 315 g/mol. The Balaban J connectivity index is 1.75. The summed E-state index contributed by atoms with van der Waals surface area (Å²) >= 11 is 1.57. The Morgan fingerprint density at radius 1 is 0.957 bits per heavy atom. The van der Waals surface area contributed by atoms with Crippen LogP contribution in [0.15, 0.2) is 66.7 Å². The van der Waals surface area contributed by atoms with Crippen LogP contribution < -0.4 is 5.32 Å². The molecule has 1 heterocycles. The first-order valence-corrected chi connectivity index (χ1v) is 8.16. The van der Waals surface area contributed by atoms with E-state index in [-0.39, 0.29) is 0 Å². The van der Waals surface area contributed by atoms with Crippen molar-refractivity contribution in [2.24, 2.45) is 0 Å². The topological polar surface area (TPSA) is 48.7 Å². The Hall–Kier alpha value is -2.90. The summed E-state index contributed by atoms with van der Waals surface area (Å²) in [5.41, 5.74) is 1.93. The van der Waals surface area contributed by atoms with Gasteiger partial charge in [-0.1, -0.05) is 65.9 Å². The molecular formula is C19H13N3S. The number of benzene rings is 3. The van der Waals surface area contributed by atoms with Gasteiger partial charge in [0.05, 0.1) is 16.3 Å². The second-order valence-electron chi connectivity index (χ2n) is 5.26. The molecule has 0 saturated heterocycles. The minimum absolute atomic E-state index is 0.429. The molecule has 0 aliphatic heterocycles. The molecule has 4 rings (SSSR count). The van der Waals surface area contributed by atoms with Gasteiger partial charge in [-0.15, -0.1) is 0 Å². The van der Waals surface area contributed by atoms with Gasteiger partial charge in [-0.3, -0.25) is 0 Å². The average molecular weight is 315 g/mol. The Labute approximate surface area is 137 Å². The molecule has 0 saturated carbocycles. The van der Waals surface area contributed by atoms with Crippen molar-refractivity contribution in [1.82, 2.24) is 4.98 Å². The third kappa shape index (κ3) is 2.52. The maximum atomic E-state index is 9.64. The number of hydrogen-bond donors (Lipinski definition) is 1. The summed E-state index contributed by atoms with van der Waals surface area (Å²) in [4.78, 5) is 4.56.